The minimum absolute atomic E-state index is 0.228. The predicted octanol–water partition coefficient (Wildman–Crippen LogP) is 5.46. The van der Waals surface area contributed by atoms with E-state index in [2.05, 4.69) is 11.4 Å². The number of nitrogens with one attached hydrogen (secondary N) is 1. The smallest absolute Gasteiger partial charge is 0.411 e. The van der Waals surface area contributed by atoms with E-state index >= 15 is 0 Å². The number of benzene rings is 3. The first kappa shape index (κ1) is 17.6. The van der Waals surface area contributed by atoms with Crippen LogP contribution in [0.1, 0.15) is 11.1 Å². The third kappa shape index (κ3) is 4.88. The van der Waals surface area contributed by atoms with Gasteiger partial charge in [-0.2, -0.15) is 5.26 Å². The van der Waals surface area contributed by atoms with Gasteiger partial charge in [-0.3, -0.25) is 5.32 Å². The molecule has 0 atom stereocenters. The fourth-order valence-corrected chi connectivity index (χ4v) is 3.15. The largest absolute Gasteiger partial charge is 0.444 e. The van der Waals surface area contributed by atoms with Crippen LogP contribution in [0.15, 0.2) is 88.7 Å². The van der Waals surface area contributed by atoms with Crippen molar-refractivity contribution in [3.05, 3.63) is 90.0 Å². The van der Waals surface area contributed by atoms with Gasteiger partial charge in [0.15, 0.2) is 0 Å². The molecule has 4 nitrogen and oxygen atoms in total. The molecule has 0 aliphatic heterocycles. The fourth-order valence-electron chi connectivity index (χ4n) is 2.26. The molecule has 0 saturated heterocycles. The normalized spacial score (nSPS) is 9.96. The van der Waals surface area contributed by atoms with Crippen LogP contribution in [0.3, 0.4) is 0 Å². The molecule has 0 heterocycles. The molecule has 0 fully saturated rings. The minimum Gasteiger partial charge on any atom is -0.444 e. The molecule has 1 amide bonds. The summed E-state index contributed by atoms with van der Waals surface area (Å²) in [6.07, 6.45) is -0.496. The highest BCUT2D eigenvalue weighted by molar-refractivity contribution is 7.99. The van der Waals surface area contributed by atoms with Gasteiger partial charge < -0.3 is 4.74 Å². The van der Waals surface area contributed by atoms with Crippen molar-refractivity contribution in [2.75, 3.05) is 5.32 Å². The molecule has 0 saturated carbocycles. The first-order chi connectivity index (χ1) is 12.7. The van der Waals surface area contributed by atoms with Gasteiger partial charge in [-0.25, -0.2) is 4.79 Å². The summed E-state index contributed by atoms with van der Waals surface area (Å²) in [5.41, 5.74) is 2.23. The average Bonchev–Trinajstić information content (AvgIpc) is 2.69. The monoisotopic (exact) mass is 360 g/mol. The van der Waals surface area contributed by atoms with Crippen LogP contribution in [0, 0.1) is 11.3 Å². The Bertz CT molecular complexity index is 919. The highest BCUT2D eigenvalue weighted by Gasteiger charge is 2.06. The summed E-state index contributed by atoms with van der Waals surface area (Å²) in [5.74, 6) is 0. The van der Waals surface area contributed by atoms with E-state index in [-0.39, 0.29) is 6.61 Å². The van der Waals surface area contributed by atoms with Crippen molar-refractivity contribution in [1.82, 2.24) is 0 Å². The van der Waals surface area contributed by atoms with E-state index in [4.69, 9.17) is 10.00 Å². The van der Waals surface area contributed by atoms with Crippen molar-refractivity contribution in [3.63, 3.8) is 0 Å². The Hall–Kier alpha value is -3.23. The van der Waals surface area contributed by atoms with E-state index in [1.54, 1.807) is 18.2 Å². The predicted molar refractivity (Wildman–Crippen MR) is 102 cm³/mol. The van der Waals surface area contributed by atoms with Gasteiger partial charge >= 0.3 is 6.09 Å². The molecule has 128 valence electrons. The number of amides is 1. The van der Waals surface area contributed by atoms with E-state index in [9.17, 15) is 4.79 Å². The van der Waals surface area contributed by atoms with Crippen LogP contribution in [0.4, 0.5) is 10.5 Å². The molecule has 26 heavy (non-hydrogen) atoms. The van der Waals surface area contributed by atoms with E-state index in [0.717, 1.165) is 15.4 Å². The zero-order valence-corrected chi connectivity index (χ0v) is 14.7. The van der Waals surface area contributed by atoms with Crippen LogP contribution in [0.2, 0.25) is 0 Å². The number of anilines is 1. The van der Waals surface area contributed by atoms with Gasteiger partial charge in [-0.1, -0.05) is 54.2 Å². The summed E-state index contributed by atoms with van der Waals surface area (Å²) in [4.78, 5) is 13.8. The molecule has 0 radical (unpaired) electrons. The number of rotatable bonds is 5. The van der Waals surface area contributed by atoms with Gasteiger partial charge in [0, 0.05) is 15.5 Å². The molecule has 3 aromatic rings. The Morgan fingerprint density at radius 2 is 1.65 bits per heavy atom. The third-order valence-electron chi connectivity index (χ3n) is 3.55. The number of hydrogen-bond acceptors (Lipinski definition) is 4. The van der Waals surface area contributed by atoms with Gasteiger partial charge in [-0.05, 0) is 42.0 Å². The second-order valence-corrected chi connectivity index (χ2v) is 6.54. The molecular weight excluding hydrogens is 344 g/mol. The molecular formula is C21H16N2O2S. The Balaban J connectivity index is 1.56. The van der Waals surface area contributed by atoms with Gasteiger partial charge in [0.2, 0.25) is 0 Å². The molecule has 0 aliphatic rings. The second-order valence-electron chi connectivity index (χ2n) is 5.42. The lowest BCUT2D eigenvalue weighted by atomic mass is 10.2. The molecule has 0 unspecified atom stereocenters. The molecule has 1 N–H and O–H groups in total. The Labute approximate surface area is 156 Å². The molecule has 0 bridgehead atoms. The Kier molecular flexibility index (Phi) is 5.92. The maximum atomic E-state index is 11.9. The van der Waals surface area contributed by atoms with Crippen molar-refractivity contribution >= 4 is 23.5 Å². The molecule has 3 rings (SSSR count). The van der Waals surface area contributed by atoms with E-state index < -0.39 is 6.09 Å². The fraction of sp³-hybridized carbons (Fsp3) is 0.0476. The zero-order valence-electron chi connectivity index (χ0n) is 13.9. The second kappa shape index (κ2) is 8.75. The van der Waals surface area contributed by atoms with Crippen LogP contribution in [0.5, 0.6) is 0 Å². The van der Waals surface area contributed by atoms with Crippen molar-refractivity contribution in [2.45, 2.75) is 16.4 Å². The topological polar surface area (TPSA) is 62.1 Å². The lowest BCUT2D eigenvalue weighted by Crippen LogP contribution is -2.13. The first-order valence-electron chi connectivity index (χ1n) is 7.99. The lowest BCUT2D eigenvalue weighted by molar-refractivity contribution is 0.155. The number of hydrogen-bond donors (Lipinski definition) is 1. The van der Waals surface area contributed by atoms with Gasteiger partial charge in [-0.15, -0.1) is 0 Å². The first-order valence-corrected chi connectivity index (χ1v) is 8.81. The highest BCUT2D eigenvalue weighted by atomic mass is 32.2. The number of nitrogens with zero attached hydrogens (tertiary/aromatic N) is 1. The Morgan fingerprint density at radius 1 is 0.962 bits per heavy atom. The summed E-state index contributed by atoms with van der Waals surface area (Å²) in [6, 6.07) is 26.6. The van der Waals surface area contributed by atoms with Crippen LogP contribution in [-0.4, -0.2) is 6.09 Å². The number of carbonyl (C=O) groups excluding carboxylic acids is 1. The van der Waals surface area contributed by atoms with Gasteiger partial charge in [0.05, 0.1) is 5.56 Å². The maximum Gasteiger partial charge on any atom is 0.411 e. The molecule has 5 heteroatoms. The number of nitriles is 1. The van der Waals surface area contributed by atoms with E-state index in [0.29, 0.717) is 11.3 Å². The third-order valence-corrected chi connectivity index (χ3v) is 4.63. The van der Waals surface area contributed by atoms with Crippen molar-refractivity contribution in [3.8, 4) is 6.07 Å². The van der Waals surface area contributed by atoms with E-state index in [1.165, 1.54) is 11.8 Å². The van der Waals surface area contributed by atoms with Crippen LogP contribution >= 0.6 is 11.8 Å². The van der Waals surface area contributed by atoms with E-state index in [1.807, 2.05) is 60.7 Å². The van der Waals surface area contributed by atoms with Crippen molar-refractivity contribution < 1.29 is 9.53 Å². The van der Waals surface area contributed by atoms with Crippen LogP contribution < -0.4 is 5.32 Å². The van der Waals surface area contributed by atoms with Crippen LogP contribution in [0.25, 0.3) is 0 Å². The maximum absolute atomic E-state index is 11.9. The molecule has 3 aromatic carbocycles. The SMILES string of the molecule is N#Cc1ccccc1Sc1ccc(NC(=O)OCc2ccccc2)cc1. The average molecular weight is 360 g/mol. The zero-order chi connectivity index (χ0) is 18.2. The molecule has 0 aliphatic carbocycles. The standard InChI is InChI=1S/C21H16N2O2S/c22-14-17-8-4-5-9-20(17)26-19-12-10-18(11-13-19)23-21(24)25-15-16-6-2-1-3-7-16/h1-13H,15H2,(H,23,24). The number of ether oxygens (including phenoxy) is 1. The van der Waals surface area contributed by atoms with Gasteiger partial charge in [0.25, 0.3) is 0 Å². The summed E-state index contributed by atoms with van der Waals surface area (Å²) in [5, 5.41) is 11.9. The van der Waals surface area contributed by atoms with Crippen molar-refractivity contribution in [2.24, 2.45) is 0 Å². The summed E-state index contributed by atoms with van der Waals surface area (Å²) in [6.45, 7) is 0.228. The quantitative estimate of drug-likeness (QED) is 0.656. The lowest BCUT2D eigenvalue weighted by Gasteiger charge is -2.08. The minimum atomic E-state index is -0.496. The highest BCUT2D eigenvalue weighted by Crippen LogP contribution is 2.30. The number of carbonyl (C=O) groups is 1. The Morgan fingerprint density at radius 3 is 2.38 bits per heavy atom. The summed E-state index contributed by atoms with van der Waals surface area (Å²) >= 11 is 1.51. The molecule has 0 aromatic heterocycles. The van der Waals surface area contributed by atoms with Gasteiger partial charge in [0.1, 0.15) is 12.7 Å². The molecule has 0 spiro atoms. The summed E-state index contributed by atoms with van der Waals surface area (Å²) < 4.78 is 5.20. The van der Waals surface area contributed by atoms with Crippen LogP contribution in [-0.2, 0) is 11.3 Å². The van der Waals surface area contributed by atoms with Crippen molar-refractivity contribution in [1.29, 1.82) is 5.26 Å². The summed E-state index contributed by atoms with van der Waals surface area (Å²) in [7, 11) is 0.